The molecule has 0 aliphatic carbocycles. The highest BCUT2D eigenvalue weighted by Gasteiger charge is 2.22. The summed E-state index contributed by atoms with van der Waals surface area (Å²) in [5, 5.41) is 4.13. The molecule has 0 aliphatic heterocycles. The molecule has 0 radical (unpaired) electrons. The van der Waals surface area contributed by atoms with E-state index in [1.165, 1.54) is 0 Å². The van der Waals surface area contributed by atoms with Crippen LogP contribution >= 0.6 is 0 Å². The number of hydrogen-bond acceptors (Lipinski definition) is 1. The monoisotopic (exact) mass is 156 g/mol. The summed E-state index contributed by atoms with van der Waals surface area (Å²) >= 11 is 0. The molecule has 0 bridgehead atoms. The second-order valence-corrected chi connectivity index (χ2v) is 3.39. The smallest absolute Gasteiger partial charge is 0.100 e. The van der Waals surface area contributed by atoms with Crippen LogP contribution in [0, 0.1) is 0 Å². The van der Waals surface area contributed by atoms with Crippen molar-refractivity contribution in [3.05, 3.63) is 18.0 Å². The minimum atomic E-state index is -0.443. The third-order valence-electron chi connectivity index (χ3n) is 1.74. The molecule has 1 aromatic rings. The first kappa shape index (κ1) is 8.24. The van der Waals surface area contributed by atoms with Crippen LogP contribution in [0.25, 0.3) is 0 Å². The molecule has 0 unspecified atom stereocenters. The Labute approximate surface area is 66.0 Å². The lowest BCUT2D eigenvalue weighted by molar-refractivity contribution is 0.342. The summed E-state index contributed by atoms with van der Waals surface area (Å²) in [6, 6.07) is 1.85. The summed E-state index contributed by atoms with van der Waals surface area (Å²) in [4.78, 5) is 0. The molecule has 1 rings (SSSR count). The minimum Gasteiger partial charge on any atom is -0.276 e. The highest BCUT2D eigenvalue weighted by Crippen LogP contribution is 2.20. The van der Waals surface area contributed by atoms with Crippen LogP contribution in [0.4, 0.5) is 4.39 Å². The van der Waals surface area contributed by atoms with Crippen LogP contribution in [-0.4, -0.2) is 16.5 Å². The summed E-state index contributed by atoms with van der Waals surface area (Å²) in [6.07, 6.45) is 1.83. The Balaban J connectivity index is 2.92. The number of aryl methyl sites for hydroxylation is 1. The van der Waals surface area contributed by atoms with Crippen molar-refractivity contribution in [2.45, 2.75) is 19.3 Å². The molecule has 62 valence electrons. The summed E-state index contributed by atoms with van der Waals surface area (Å²) in [5.74, 6) is 0. The van der Waals surface area contributed by atoms with Gasteiger partial charge in [0.15, 0.2) is 0 Å². The van der Waals surface area contributed by atoms with Crippen LogP contribution in [0.5, 0.6) is 0 Å². The fraction of sp³-hybridized carbons (Fsp3) is 0.625. The molecule has 1 heterocycles. The second-order valence-electron chi connectivity index (χ2n) is 3.39. The van der Waals surface area contributed by atoms with Crippen LogP contribution in [0.15, 0.2) is 12.3 Å². The molecule has 11 heavy (non-hydrogen) atoms. The summed E-state index contributed by atoms with van der Waals surface area (Å²) in [6.45, 7) is 3.31. The molecule has 0 saturated heterocycles. The van der Waals surface area contributed by atoms with E-state index >= 15 is 0 Å². The fourth-order valence-corrected chi connectivity index (χ4v) is 0.844. The first-order chi connectivity index (χ1) is 5.06. The predicted molar refractivity (Wildman–Crippen MR) is 42.2 cm³/mol. The lowest BCUT2D eigenvalue weighted by Gasteiger charge is -2.16. The summed E-state index contributed by atoms with van der Waals surface area (Å²) < 4.78 is 14.1. The quantitative estimate of drug-likeness (QED) is 0.636. The van der Waals surface area contributed by atoms with Gasteiger partial charge in [0.25, 0.3) is 0 Å². The molecule has 2 nitrogen and oxygen atoms in total. The number of rotatable bonds is 2. The molecular weight excluding hydrogens is 143 g/mol. The van der Waals surface area contributed by atoms with Crippen molar-refractivity contribution in [2.24, 2.45) is 7.05 Å². The van der Waals surface area contributed by atoms with Crippen LogP contribution < -0.4 is 0 Å². The topological polar surface area (TPSA) is 17.8 Å². The molecule has 1 aromatic heterocycles. The van der Waals surface area contributed by atoms with E-state index < -0.39 is 5.41 Å². The molecule has 0 fully saturated rings. The van der Waals surface area contributed by atoms with Crippen molar-refractivity contribution in [3.8, 4) is 0 Å². The van der Waals surface area contributed by atoms with Crippen molar-refractivity contribution in [1.82, 2.24) is 9.78 Å². The van der Waals surface area contributed by atoms with E-state index in [0.717, 1.165) is 5.69 Å². The normalized spacial score (nSPS) is 12.0. The molecule has 0 N–H and O–H groups in total. The number of alkyl halides is 1. The van der Waals surface area contributed by atoms with E-state index in [0.29, 0.717) is 0 Å². The molecule has 0 atom stereocenters. The van der Waals surface area contributed by atoms with Crippen molar-refractivity contribution in [3.63, 3.8) is 0 Å². The van der Waals surface area contributed by atoms with E-state index in [1.54, 1.807) is 4.68 Å². The van der Waals surface area contributed by atoms with Gasteiger partial charge in [0.2, 0.25) is 0 Å². The zero-order chi connectivity index (χ0) is 8.48. The largest absolute Gasteiger partial charge is 0.276 e. The van der Waals surface area contributed by atoms with E-state index in [4.69, 9.17) is 0 Å². The van der Waals surface area contributed by atoms with Gasteiger partial charge in [-0.2, -0.15) is 5.10 Å². The predicted octanol–water partition coefficient (Wildman–Crippen LogP) is 1.67. The number of nitrogens with zero attached hydrogens (tertiary/aromatic N) is 2. The molecule has 3 heteroatoms. The maximum absolute atomic E-state index is 12.4. The van der Waals surface area contributed by atoms with Gasteiger partial charge in [-0.3, -0.25) is 9.07 Å². The van der Waals surface area contributed by atoms with E-state index in [-0.39, 0.29) is 6.67 Å². The molecule has 0 aromatic carbocycles. The van der Waals surface area contributed by atoms with Crippen molar-refractivity contribution in [1.29, 1.82) is 0 Å². The van der Waals surface area contributed by atoms with Gasteiger partial charge < -0.3 is 0 Å². The Kier molecular flexibility index (Phi) is 1.98. The maximum atomic E-state index is 12.4. The first-order valence-corrected chi connectivity index (χ1v) is 3.62. The van der Waals surface area contributed by atoms with Gasteiger partial charge in [0.05, 0.1) is 5.69 Å². The lowest BCUT2D eigenvalue weighted by atomic mass is 9.91. The fourth-order valence-electron chi connectivity index (χ4n) is 0.844. The van der Waals surface area contributed by atoms with Crippen LogP contribution in [-0.2, 0) is 12.5 Å². The highest BCUT2D eigenvalue weighted by molar-refractivity contribution is 5.11. The summed E-state index contributed by atoms with van der Waals surface area (Å²) in [7, 11) is 1.83. The number of halogens is 1. The van der Waals surface area contributed by atoms with E-state index in [2.05, 4.69) is 5.10 Å². The van der Waals surface area contributed by atoms with Gasteiger partial charge in [0, 0.05) is 18.7 Å². The molecule has 0 amide bonds. The Bertz CT molecular complexity index is 240. The number of aromatic nitrogens is 2. The van der Waals surface area contributed by atoms with Gasteiger partial charge in [-0.1, -0.05) is 13.8 Å². The van der Waals surface area contributed by atoms with Gasteiger partial charge in [-0.05, 0) is 6.07 Å². The zero-order valence-electron chi connectivity index (χ0n) is 7.13. The SMILES string of the molecule is Cn1ccc(C(C)(C)CF)n1. The van der Waals surface area contributed by atoms with Crippen LogP contribution in [0.3, 0.4) is 0 Å². The minimum absolute atomic E-state index is 0.371. The van der Waals surface area contributed by atoms with Crippen LogP contribution in [0.2, 0.25) is 0 Å². The van der Waals surface area contributed by atoms with E-state index in [1.807, 2.05) is 33.2 Å². The number of hydrogen-bond donors (Lipinski definition) is 0. The van der Waals surface area contributed by atoms with Crippen molar-refractivity contribution < 1.29 is 4.39 Å². The van der Waals surface area contributed by atoms with Gasteiger partial charge in [-0.25, -0.2) is 0 Å². The van der Waals surface area contributed by atoms with Gasteiger partial charge in [0.1, 0.15) is 6.67 Å². The molecule has 0 saturated carbocycles. The average Bonchev–Trinajstić information content (AvgIpc) is 2.36. The zero-order valence-corrected chi connectivity index (χ0v) is 7.13. The highest BCUT2D eigenvalue weighted by atomic mass is 19.1. The van der Waals surface area contributed by atoms with Gasteiger partial charge in [-0.15, -0.1) is 0 Å². The maximum Gasteiger partial charge on any atom is 0.100 e. The van der Waals surface area contributed by atoms with Crippen molar-refractivity contribution in [2.75, 3.05) is 6.67 Å². The first-order valence-electron chi connectivity index (χ1n) is 3.62. The third-order valence-corrected chi connectivity index (χ3v) is 1.74. The molecule has 0 aliphatic rings. The Hall–Kier alpha value is -0.860. The molecular formula is C8H13FN2. The Morgan fingerprint density at radius 3 is 2.64 bits per heavy atom. The standard InChI is InChI=1S/C8H13FN2/c1-8(2,6-9)7-4-5-11(3)10-7/h4-5H,6H2,1-3H3. The Morgan fingerprint density at radius 1 is 1.64 bits per heavy atom. The second kappa shape index (κ2) is 2.64. The summed E-state index contributed by atoms with van der Waals surface area (Å²) in [5.41, 5.74) is 0.365. The third kappa shape index (κ3) is 1.59. The lowest BCUT2D eigenvalue weighted by Crippen LogP contribution is -2.20. The average molecular weight is 156 g/mol. The molecule has 0 spiro atoms. The van der Waals surface area contributed by atoms with Crippen LogP contribution in [0.1, 0.15) is 19.5 Å². The Morgan fingerprint density at radius 2 is 2.27 bits per heavy atom. The van der Waals surface area contributed by atoms with Gasteiger partial charge >= 0.3 is 0 Å². The van der Waals surface area contributed by atoms with E-state index in [9.17, 15) is 4.39 Å². The van der Waals surface area contributed by atoms with Crippen molar-refractivity contribution >= 4 is 0 Å².